The van der Waals surface area contributed by atoms with Gasteiger partial charge in [-0.15, -0.1) is 0 Å². The first kappa shape index (κ1) is 10.9. The Hall–Kier alpha value is -1.57. The molecule has 16 heavy (non-hydrogen) atoms. The molecule has 2 rings (SSSR count). The lowest BCUT2D eigenvalue weighted by Crippen LogP contribution is -1.80. The Balaban J connectivity index is 2.33. The van der Waals surface area contributed by atoms with Crippen LogP contribution in [0.1, 0.15) is 24.7 Å². The van der Waals surface area contributed by atoms with E-state index in [9.17, 15) is 4.39 Å². The summed E-state index contributed by atoms with van der Waals surface area (Å²) in [4.78, 5) is 0. The van der Waals surface area contributed by atoms with Gasteiger partial charge < -0.3 is 4.42 Å². The van der Waals surface area contributed by atoms with Gasteiger partial charge in [0.05, 0.1) is 0 Å². The van der Waals surface area contributed by atoms with Crippen molar-refractivity contribution in [1.82, 2.24) is 0 Å². The second-order valence-corrected chi connectivity index (χ2v) is 3.95. The summed E-state index contributed by atoms with van der Waals surface area (Å²) < 4.78 is 18.4. The Bertz CT molecular complexity index is 468. The molecule has 0 aliphatic heterocycles. The lowest BCUT2D eigenvalue weighted by molar-refractivity contribution is 0.542. The molecule has 0 radical (unpaired) electrons. The second kappa shape index (κ2) is 4.52. The highest BCUT2D eigenvalue weighted by molar-refractivity contribution is 5.58. The molecule has 1 aromatic heterocycles. The highest BCUT2D eigenvalue weighted by Crippen LogP contribution is 2.26. The van der Waals surface area contributed by atoms with E-state index in [4.69, 9.17) is 4.42 Å². The number of aryl methyl sites for hydroxylation is 2. The first-order valence-corrected chi connectivity index (χ1v) is 5.56. The van der Waals surface area contributed by atoms with Crippen LogP contribution in [0.5, 0.6) is 0 Å². The normalized spacial score (nSPS) is 10.7. The fraction of sp³-hybridized carbons (Fsp3) is 0.286. The van der Waals surface area contributed by atoms with Gasteiger partial charge >= 0.3 is 0 Å². The molecule has 0 bridgehead atoms. The van der Waals surface area contributed by atoms with Crippen LogP contribution in [0.15, 0.2) is 34.7 Å². The molecule has 0 fully saturated rings. The summed E-state index contributed by atoms with van der Waals surface area (Å²) in [6.45, 7) is 4.11. The van der Waals surface area contributed by atoms with Crippen LogP contribution in [0, 0.1) is 12.7 Å². The fourth-order valence-corrected chi connectivity index (χ4v) is 1.79. The van der Waals surface area contributed by atoms with Gasteiger partial charge in [0.2, 0.25) is 0 Å². The monoisotopic (exact) mass is 218 g/mol. The third-order valence-corrected chi connectivity index (χ3v) is 2.67. The van der Waals surface area contributed by atoms with Gasteiger partial charge in [-0.05, 0) is 49.2 Å². The molecule has 0 amide bonds. The molecule has 2 heteroatoms. The van der Waals surface area contributed by atoms with Crippen molar-refractivity contribution in [1.29, 1.82) is 0 Å². The molecule has 1 heterocycles. The molecule has 0 atom stereocenters. The number of hydrogen-bond acceptors (Lipinski definition) is 1. The van der Waals surface area contributed by atoms with Crippen LogP contribution in [0.2, 0.25) is 0 Å². The van der Waals surface area contributed by atoms with Crippen LogP contribution in [0.4, 0.5) is 4.39 Å². The predicted octanol–water partition coefficient (Wildman–Crippen LogP) is 4.35. The van der Waals surface area contributed by atoms with E-state index in [1.165, 1.54) is 17.7 Å². The summed E-state index contributed by atoms with van der Waals surface area (Å²) in [7, 11) is 0. The quantitative estimate of drug-likeness (QED) is 0.746. The van der Waals surface area contributed by atoms with Crippen molar-refractivity contribution in [3.05, 3.63) is 47.5 Å². The molecule has 0 aliphatic rings. The van der Waals surface area contributed by atoms with Gasteiger partial charge in [-0.1, -0.05) is 13.3 Å². The third kappa shape index (κ3) is 2.16. The summed E-state index contributed by atoms with van der Waals surface area (Å²) >= 11 is 0. The average Bonchev–Trinajstić information content (AvgIpc) is 2.62. The summed E-state index contributed by atoms with van der Waals surface area (Å²) in [6.07, 6.45) is 2.12. The van der Waals surface area contributed by atoms with Crippen LogP contribution in [0.3, 0.4) is 0 Å². The van der Waals surface area contributed by atoms with E-state index in [1.807, 2.05) is 13.0 Å². The average molecular weight is 218 g/mol. The first-order chi connectivity index (χ1) is 7.70. The molecule has 0 saturated heterocycles. The van der Waals surface area contributed by atoms with Crippen LogP contribution in [-0.4, -0.2) is 0 Å². The highest BCUT2D eigenvalue weighted by atomic mass is 19.1. The summed E-state index contributed by atoms with van der Waals surface area (Å²) in [5.41, 5.74) is 2.16. The molecule has 0 spiro atoms. The Morgan fingerprint density at radius 3 is 2.50 bits per heavy atom. The van der Waals surface area contributed by atoms with E-state index in [0.717, 1.165) is 29.9 Å². The van der Waals surface area contributed by atoms with Crippen molar-refractivity contribution in [2.45, 2.75) is 26.7 Å². The Labute approximate surface area is 94.9 Å². The molecular formula is C14H15FO. The third-order valence-electron chi connectivity index (χ3n) is 2.67. The summed E-state index contributed by atoms with van der Waals surface area (Å²) in [6, 6.07) is 8.43. The SMILES string of the molecule is CCCc1cc(-c2ccc(F)cc2)oc1C. The van der Waals surface area contributed by atoms with Crippen molar-refractivity contribution >= 4 is 0 Å². The highest BCUT2D eigenvalue weighted by Gasteiger charge is 2.08. The largest absolute Gasteiger partial charge is 0.461 e. The van der Waals surface area contributed by atoms with Crippen LogP contribution in [-0.2, 0) is 6.42 Å². The summed E-state index contributed by atoms with van der Waals surface area (Å²) in [5, 5.41) is 0. The van der Waals surface area contributed by atoms with Gasteiger partial charge in [0.1, 0.15) is 17.3 Å². The maximum absolute atomic E-state index is 12.8. The Morgan fingerprint density at radius 1 is 1.19 bits per heavy atom. The maximum Gasteiger partial charge on any atom is 0.134 e. The van der Waals surface area contributed by atoms with Gasteiger partial charge in [-0.25, -0.2) is 4.39 Å². The number of furan rings is 1. The fourth-order valence-electron chi connectivity index (χ4n) is 1.79. The minimum absolute atomic E-state index is 0.221. The van der Waals surface area contributed by atoms with Crippen molar-refractivity contribution in [3.63, 3.8) is 0 Å². The van der Waals surface area contributed by atoms with E-state index in [2.05, 4.69) is 6.92 Å². The zero-order valence-electron chi connectivity index (χ0n) is 9.59. The molecule has 1 aromatic carbocycles. The van der Waals surface area contributed by atoms with E-state index in [0.29, 0.717) is 0 Å². The van der Waals surface area contributed by atoms with Crippen LogP contribution >= 0.6 is 0 Å². The van der Waals surface area contributed by atoms with E-state index in [-0.39, 0.29) is 5.82 Å². The molecule has 0 aliphatic carbocycles. The zero-order valence-corrected chi connectivity index (χ0v) is 9.59. The van der Waals surface area contributed by atoms with Gasteiger partial charge in [-0.2, -0.15) is 0 Å². The van der Waals surface area contributed by atoms with Crippen molar-refractivity contribution in [2.75, 3.05) is 0 Å². The van der Waals surface area contributed by atoms with Crippen molar-refractivity contribution in [2.24, 2.45) is 0 Å². The number of benzene rings is 1. The molecule has 0 N–H and O–H groups in total. The summed E-state index contributed by atoms with van der Waals surface area (Å²) in [5.74, 6) is 1.56. The van der Waals surface area contributed by atoms with Gasteiger partial charge in [0.25, 0.3) is 0 Å². The molecule has 1 nitrogen and oxygen atoms in total. The van der Waals surface area contributed by atoms with Crippen molar-refractivity contribution in [3.8, 4) is 11.3 Å². The van der Waals surface area contributed by atoms with E-state index in [1.54, 1.807) is 12.1 Å². The molecule has 0 unspecified atom stereocenters. The van der Waals surface area contributed by atoms with Gasteiger partial charge in [0, 0.05) is 5.56 Å². The number of halogens is 1. The van der Waals surface area contributed by atoms with Gasteiger partial charge in [-0.3, -0.25) is 0 Å². The van der Waals surface area contributed by atoms with E-state index >= 15 is 0 Å². The number of rotatable bonds is 3. The first-order valence-electron chi connectivity index (χ1n) is 5.56. The predicted molar refractivity (Wildman–Crippen MR) is 62.8 cm³/mol. The topological polar surface area (TPSA) is 13.1 Å². The minimum atomic E-state index is -0.221. The maximum atomic E-state index is 12.8. The van der Waals surface area contributed by atoms with Crippen molar-refractivity contribution < 1.29 is 8.81 Å². The zero-order chi connectivity index (χ0) is 11.5. The lowest BCUT2D eigenvalue weighted by atomic mass is 10.1. The Morgan fingerprint density at radius 2 is 1.88 bits per heavy atom. The molecular weight excluding hydrogens is 203 g/mol. The van der Waals surface area contributed by atoms with Crippen LogP contribution < -0.4 is 0 Å². The lowest BCUT2D eigenvalue weighted by Gasteiger charge is -1.95. The van der Waals surface area contributed by atoms with Gasteiger partial charge in [0.15, 0.2) is 0 Å². The molecule has 0 saturated carbocycles. The Kier molecular flexibility index (Phi) is 3.09. The molecule has 84 valence electrons. The second-order valence-electron chi connectivity index (χ2n) is 3.95. The smallest absolute Gasteiger partial charge is 0.134 e. The van der Waals surface area contributed by atoms with E-state index < -0.39 is 0 Å². The standard InChI is InChI=1S/C14H15FO/c1-3-4-12-9-14(16-10(12)2)11-5-7-13(15)8-6-11/h5-9H,3-4H2,1-2H3. The minimum Gasteiger partial charge on any atom is -0.461 e. The number of hydrogen-bond donors (Lipinski definition) is 0. The van der Waals surface area contributed by atoms with Crippen LogP contribution in [0.25, 0.3) is 11.3 Å². The molecule has 2 aromatic rings.